The van der Waals surface area contributed by atoms with Gasteiger partial charge in [-0.1, -0.05) is 26.7 Å². The predicted molar refractivity (Wildman–Crippen MR) is 76.3 cm³/mol. The molecule has 2 N–H and O–H groups in total. The molecule has 106 valence electrons. The summed E-state index contributed by atoms with van der Waals surface area (Å²) in [6.45, 7) is 6.06. The van der Waals surface area contributed by atoms with Gasteiger partial charge in [-0.3, -0.25) is 4.79 Å². The van der Waals surface area contributed by atoms with Crippen molar-refractivity contribution in [1.29, 1.82) is 0 Å². The van der Waals surface area contributed by atoms with E-state index >= 15 is 0 Å². The summed E-state index contributed by atoms with van der Waals surface area (Å²) in [5.74, 6) is 0.677. The first-order valence-electron chi connectivity index (χ1n) is 7.75. The standard InChI is InChI=1S/C15H30N2O/c1-3-7-13(8-4-2)15(18)17-12-6-10-14(17)9-5-11-16/h13-14H,3-12,16H2,1-2H3. The average Bonchev–Trinajstić information content (AvgIpc) is 2.83. The van der Waals surface area contributed by atoms with Crippen LogP contribution in [0.15, 0.2) is 0 Å². The first-order chi connectivity index (χ1) is 8.74. The fourth-order valence-corrected chi connectivity index (χ4v) is 3.10. The minimum atomic E-state index is 0.262. The molecular formula is C15H30N2O. The Bertz CT molecular complexity index is 237. The van der Waals surface area contributed by atoms with Crippen molar-refractivity contribution >= 4 is 5.91 Å². The Morgan fingerprint density at radius 3 is 2.56 bits per heavy atom. The van der Waals surface area contributed by atoms with E-state index in [1.54, 1.807) is 0 Å². The summed E-state index contributed by atoms with van der Waals surface area (Å²) in [5, 5.41) is 0. The first kappa shape index (κ1) is 15.5. The monoisotopic (exact) mass is 254 g/mol. The summed E-state index contributed by atoms with van der Waals surface area (Å²) in [7, 11) is 0. The molecule has 1 amide bonds. The quantitative estimate of drug-likeness (QED) is 0.724. The van der Waals surface area contributed by atoms with Gasteiger partial charge < -0.3 is 10.6 Å². The summed E-state index contributed by atoms with van der Waals surface area (Å²) in [4.78, 5) is 14.8. The van der Waals surface area contributed by atoms with Crippen LogP contribution >= 0.6 is 0 Å². The predicted octanol–water partition coefficient (Wildman–Crippen LogP) is 2.93. The Hall–Kier alpha value is -0.570. The second kappa shape index (κ2) is 8.52. The van der Waals surface area contributed by atoms with E-state index < -0.39 is 0 Å². The molecule has 3 heteroatoms. The van der Waals surface area contributed by atoms with Gasteiger partial charge in [0.15, 0.2) is 0 Å². The van der Waals surface area contributed by atoms with Crippen molar-refractivity contribution in [3.05, 3.63) is 0 Å². The van der Waals surface area contributed by atoms with E-state index in [0.29, 0.717) is 11.9 Å². The number of hydrogen-bond acceptors (Lipinski definition) is 2. The molecule has 1 fully saturated rings. The molecule has 1 aliphatic heterocycles. The van der Waals surface area contributed by atoms with E-state index in [1.165, 1.54) is 12.8 Å². The van der Waals surface area contributed by atoms with Crippen molar-refractivity contribution in [2.75, 3.05) is 13.1 Å². The number of hydrogen-bond donors (Lipinski definition) is 1. The van der Waals surface area contributed by atoms with Gasteiger partial charge in [0.2, 0.25) is 5.91 Å². The molecule has 0 spiro atoms. The second-order valence-corrected chi connectivity index (χ2v) is 5.53. The van der Waals surface area contributed by atoms with Gasteiger partial charge in [-0.2, -0.15) is 0 Å². The molecule has 1 saturated heterocycles. The van der Waals surface area contributed by atoms with Crippen molar-refractivity contribution in [3.63, 3.8) is 0 Å². The lowest BCUT2D eigenvalue weighted by Crippen LogP contribution is -2.39. The van der Waals surface area contributed by atoms with Gasteiger partial charge in [0.05, 0.1) is 0 Å². The molecule has 0 aromatic rings. The highest BCUT2D eigenvalue weighted by molar-refractivity contribution is 5.79. The van der Waals surface area contributed by atoms with Crippen molar-refractivity contribution < 1.29 is 4.79 Å². The molecule has 0 aliphatic carbocycles. The third kappa shape index (κ3) is 4.27. The van der Waals surface area contributed by atoms with Gasteiger partial charge in [-0.25, -0.2) is 0 Å². The van der Waals surface area contributed by atoms with Crippen LogP contribution in [0.3, 0.4) is 0 Å². The number of nitrogens with zero attached hydrogens (tertiary/aromatic N) is 1. The van der Waals surface area contributed by atoms with E-state index in [4.69, 9.17) is 5.73 Å². The lowest BCUT2D eigenvalue weighted by Gasteiger charge is -2.29. The molecular weight excluding hydrogens is 224 g/mol. The zero-order valence-electron chi connectivity index (χ0n) is 12.2. The van der Waals surface area contributed by atoms with E-state index in [2.05, 4.69) is 18.7 Å². The third-order valence-electron chi connectivity index (χ3n) is 4.03. The molecule has 1 aliphatic rings. The highest BCUT2D eigenvalue weighted by atomic mass is 16.2. The van der Waals surface area contributed by atoms with Gasteiger partial charge in [-0.15, -0.1) is 0 Å². The lowest BCUT2D eigenvalue weighted by molar-refractivity contribution is -0.137. The van der Waals surface area contributed by atoms with Gasteiger partial charge in [0, 0.05) is 18.5 Å². The van der Waals surface area contributed by atoms with Crippen LogP contribution in [-0.2, 0) is 4.79 Å². The van der Waals surface area contributed by atoms with Crippen LogP contribution in [0.25, 0.3) is 0 Å². The van der Waals surface area contributed by atoms with Crippen LogP contribution in [0.2, 0.25) is 0 Å². The maximum Gasteiger partial charge on any atom is 0.225 e. The van der Waals surface area contributed by atoms with E-state index in [0.717, 1.165) is 51.6 Å². The molecule has 1 heterocycles. The van der Waals surface area contributed by atoms with E-state index in [-0.39, 0.29) is 5.92 Å². The summed E-state index contributed by atoms with van der Waals surface area (Å²) in [5.41, 5.74) is 5.58. The Morgan fingerprint density at radius 2 is 2.00 bits per heavy atom. The van der Waals surface area contributed by atoms with Gasteiger partial charge in [-0.05, 0) is 45.1 Å². The summed E-state index contributed by atoms with van der Waals surface area (Å²) in [6.07, 6.45) is 8.80. The number of amides is 1. The maximum absolute atomic E-state index is 12.6. The Labute approximate surface area is 112 Å². The smallest absolute Gasteiger partial charge is 0.225 e. The Balaban J connectivity index is 2.55. The molecule has 18 heavy (non-hydrogen) atoms. The number of carbonyl (C=O) groups excluding carboxylic acids is 1. The molecule has 1 atom stereocenters. The second-order valence-electron chi connectivity index (χ2n) is 5.53. The summed E-state index contributed by atoms with van der Waals surface area (Å²) < 4.78 is 0. The molecule has 3 nitrogen and oxygen atoms in total. The molecule has 1 rings (SSSR count). The van der Waals surface area contributed by atoms with Gasteiger partial charge in [0.1, 0.15) is 0 Å². The lowest BCUT2D eigenvalue weighted by atomic mass is 9.96. The minimum absolute atomic E-state index is 0.262. The number of rotatable bonds is 8. The summed E-state index contributed by atoms with van der Waals surface area (Å²) >= 11 is 0. The van der Waals surface area contributed by atoms with E-state index in [1.807, 2.05) is 0 Å². The van der Waals surface area contributed by atoms with Crippen molar-refractivity contribution in [1.82, 2.24) is 4.90 Å². The zero-order valence-corrected chi connectivity index (χ0v) is 12.2. The van der Waals surface area contributed by atoms with Crippen LogP contribution < -0.4 is 5.73 Å². The van der Waals surface area contributed by atoms with Crippen molar-refractivity contribution in [2.24, 2.45) is 11.7 Å². The zero-order chi connectivity index (χ0) is 13.4. The van der Waals surface area contributed by atoms with Gasteiger partial charge >= 0.3 is 0 Å². The van der Waals surface area contributed by atoms with E-state index in [9.17, 15) is 4.79 Å². The SMILES string of the molecule is CCCC(CCC)C(=O)N1CCCC1CCCN. The topological polar surface area (TPSA) is 46.3 Å². The normalized spacial score (nSPS) is 19.8. The first-order valence-corrected chi connectivity index (χ1v) is 7.75. The van der Waals surface area contributed by atoms with Crippen LogP contribution in [0.1, 0.15) is 65.2 Å². The number of likely N-dealkylation sites (tertiary alicyclic amines) is 1. The largest absolute Gasteiger partial charge is 0.339 e. The number of carbonyl (C=O) groups is 1. The van der Waals surface area contributed by atoms with Crippen molar-refractivity contribution in [2.45, 2.75) is 71.3 Å². The number of nitrogens with two attached hydrogens (primary N) is 1. The molecule has 1 unspecified atom stereocenters. The average molecular weight is 254 g/mol. The summed E-state index contributed by atoms with van der Waals surface area (Å²) in [6, 6.07) is 0.470. The molecule has 0 aromatic carbocycles. The highest BCUT2D eigenvalue weighted by Gasteiger charge is 2.31. The molecule has 0 radical (unpaired) electrons. The fourth-order valence-electron chi connectivity index (χ4n) is 3.10. The van der Waals surface area contributed by atoms with Crippen molar-refractivity contribution in [3.8, 4) is 0 Å². The molecule has 0 saturated carbocycles. The van der Waals surface area contributed by atoms with Crippen LogP contribution in [-0.4, -0.2) is 29.9 Å². The highest BCUT2D eigenvalue weighted by Crippen LogP contribution is 2.26. The van der Waals surface area contributed by atoms with Crippen LogP contribution in [0, 0.1) is 5.92 Å². The van der Waals surface area contributed by atoms with Gasteiger partial charge in [0.25, 0.3) is 0 Å². The molecule has 0 aromatic heterocycles. The minimum Gasteiger partial charge on any atom is -0.339 e. The Kier molecular flexibility index (Phi) is 7.33. The van der Waals surface area contributed by atoms with Crippen LogP contribution in [0.4, 0.5) is 0 Å². The molecule has 0 bridgehead atoms. The van der Waals surface area contributed by atoms with Crippen LogP contribution in [0.5, 0.6) is 0 Å². The maximum atomic E-state index is 12.6. The third-order valence-corrected chi connectivity index (χ3v) is 4.03. The fraction of sp³-hybridized carbons (Fsp3) is 0.933. The Morgan fingerprint density at radius 1 is 1.33 bits per heavy atom.